The molecule has 3 amide bonds. The minimum Gasteiger partial charge on any atom is -0.491 e. The third kappa shape index (κ3) is 6.28. The Bertz CT molecular complexity index is 1580. The number of aliphatic hydroxyl groups is 2. The molecule has 2 heterocycles. The maximum atomic E-state index is 13.9. The van der Waals surface area contributed by atoms with Crippen molar-refractivity contribution >= 4 is 57.7 Å². The SMILES string of the molecule is C[C@@H](c1ccccc1)[C@@H](c1nc(-c2ccc(I)cc2Cl)c(Cl)[nH]1)N1C(=O)NC(c2ccc(OCC(O)CO)cc2)C1=O. The summed E-state index contributed by atoms with van der Waals surface area (Å²) in [6, 6.07) is 19.4. The van der Waals surface area contributed by atoms with Gasteiger partial charge in [-0.2, -0.15) is 0 Å². The second kappa shape index (κ2) is 13.0. The standard InChI is InChI=1S/C30H27Cl2IN4O5/c1-16(17-5-3-2-4-6-17)26(28-34-25(27(32)36-28)22-12-9-19(33)13-23(22)31)37-29(40)24(35-30(37)41)18-7-10-21(11-8-18)42-15-20(39)14-38/h2-13,16,20,24,26,38-39H,14-15H2,1H3,(H,34,36)(H,35,41)/t16-,20?,24?,26-/m0/s1. The number of aromatic amines is 1. The molecule has 0 aliphatic carbocycles. The zero-order valence-corrected chi connectivity index (χ0v) is 26.0. The highest BCUT2D eigenvalue weighted by Crippen LogP contribution is 2.41. The third-order valence-electron chi connectivity index (χ3n) is 7.06. The summed E-state index contributed by atoms with van der Waals surface area (Å²) in [6.45, 7) is 1.43. The summed E-state index contributed by atoms with van der Waals surface area (Å²) >= 11 is 15.3. The lowest BCUT2D eigenvalue weighted by Gasteiger charge is -2.29. The Morgan fingerprint density at radius 1 is 1.07 bits per heavy atom. The highest BCUT2D eigenvalue weighted by molar-refractivity contribution is 14.1. The number of carbonyl (C=O) groups excluding carboxylic acids is 2. The number of hydrogen-bond acceptors (Lipinski definition) is 6. The van der Waals surface area contributed by atoms with Crippen LogP contribution >= 0.6 is 45.8 Å². The Balaban J connectivity index is 1.49. The molecule has 42 heavy (non-hydrogen) atoms. The van der Waals surface area contributed by atoms with E-state index in [1.54, 1.807) is 30.3 Å². The molecule has 0 saturated carbocycles. The summed E-state index contributed by atoms with van der Waals surface area (Å²) in [5.74, 6) is -0.00654. The highest BCUT2D eigenvalue weighted by atomic mass is 127. The number of hydrogen-bond donors (Lipinski definition) is 4. The molecule has 3 aromatic carbocycles. The number of aliphatic hydroxyl groups excluding tert-OH is 2. The van der Waals surface area contributed by atoms with Gasteiger partial charge in [0.2, 0.25) is 0 Å². The van der Waals surface area contributed by atoms with E-state index < -0.39 is 36.7 Å². The molecule has 12 heteroatoms. The molecule has 0 spiro atoms. The average Bonchev–Trinajstić information content (AvgIpc) is 3.51. The molecule has 4 atom stereocenters. The molecule has 1 fully saturated rings. The quantitative estimate of drug-likeness (QED) is 0.120. The van der Waals surface area contributed by atoms with E-state index in [1.807, 2.05) is 49.4 Å². The van der Waals surface area contributed by atoms with Crippen molar-refractivity contribution in [3.05, 3.63) is 103 Å². The van der Waals surface area contributed by atoms with Crippen molar-refractivity contribution in [3.8, 4) is 17.0 Å². The zero-order chi connectivity index (χ0) is 30.0. The molecular weight excluding hydrogens is 694 g/mol. The maximum absolute atomic E-state index is 13.9. The number of carbonyl (C=O) groups is 2. The van der Waals surface area contributed by atoms with Gasteiger partial charge in [0.15, 0.2) is 0 Å². The van der Waals surface area contributed by atoms with Gasteiger partial charge in [-0.05, 0) is 58.0 Å². The van der Waals surface area contributed by atoms with E-state index in [4.69, 9.17) is 38.0 Å². The van der Waals surface area contributed by atoms with Crippen molar-refractivity contribution in [2.45, 2.75) is 31.0 Å². The molecule has 4 N–H and O–H groups in total. The predicted octanol–water partition coefficient (Wildman–Crippen LogP) is 5.86. The molecule has 0 radical (unpaired) electrons. The number of imidazole rings is 1. The predicted molar refractivity (Wildman–Crippen MR) is 168 cm³/mol. The van der Waals surface area contributed by atoms with Gasteiger partial charge < -0.3 is 25.3 Å². The summed E-state index contributed by atoms with van der Waals surface area (Å²) in [5, 5.41) is 22.0. The Hall–Kier alpha value is -3.16. The fourth-order valence-corrected chi connectivity index (χ4v) is 6.06. The molecular formula is C30H27Cl2IN4O5. The smallest absolute Gasteiger partial charge is 0.325 e. The highest BCUT2D eigenvalue weighted by Gasteiger charge is 2.46. The first-order chi connectivity index (χ1) is 20.2. The normalized spacial score (nSPS) is 17.2. The molecule has 1 aromatic heterocycles. The van der Waals surface area contributed by atoms with E-state index in [-0.39, 0.29) is 17.7 Å². The summed E-state index contributed by atoms with van der Waals surface area (Å²) in [7, 11) is 0. The van der Waals surface area contributed by atoms with Gasteiger partial charge in [0.1, 0.15) is 47.2 Å². The molecule has 9 nitrogen and oxygen atoms in total. The number of nitrogens with one attached hydrogen (secondary N) is 2. The Kier molecular flexibility index (Phi) is 9.38. The number of nitrogens with zero attached hydrogens (tertiary/aromatic N) is 2. The number of urea groups is 1. The topological polar surface area (TPSA) is 128 Å². The van der Waals surface area contributed by atoms with Gasteiger partial charge in [0, 0.05) is 15.1 Å². The Morgan fingerprint density at radius 3 is 2.45 bits per heavy atom. The van der Waals surface area contributed by atoms with E-state index in [1.165, 1.54) is 4.90 Å². The van der Waals surface area contributed by atoms with Gasteiger partial charge in [-0.3, -0.25) is 9.69 Å². The van der Waals surface area contributed by atoms with Crippen molar-refractivity contribution < 1.29 is 24.5 Å². The number of H-pyrrole nitrogens is 1. The molecule has 0 bridgehead atoms. The second-order valence-corrected chi connectivity index (χ2v) is 11.9. The van der Waals surface area contributed by atoms with Crippen LogP contribution in [0.3, 0.4) is 0 Å². The average molecular weight is 721 g/mol. The molecule has 1 aliphatic rings. The lowest BCUT2D eigenvalue weighted by molar-refractivity contribution is -0.129. The first kappa shape index (κ1) is 30.3. The fraction of sp³-hybridized carbons (Fsp3) is 0.233. The van der Waals surface area contributed by atoms with Crippen LogP contribution in [-0.4, -0.2) is 56.3 Å². The largest absolute Gasteiger partial charge is 0.491 e. The molecule has 4 aromatic rings. The van der Waals surface area contributed by atoms with Crippen LogP contribution < -0.4 is 10.1 Å². The summed E-state index contributed by atoms with van der Waals surface area (Å²) in [5.41, 5.74) is 2.50. The molecule has 5 rings (SSSR count). The van der Waals surface area contributed by atoms with Crippen LogP contribution in [0.2, 0.25) is 10.2 Å². The van der Waals surface area contributed by atoms with Crippen LogP contribution in [0.5, 0.6) is 5.75 Å². The van der Waals surface area contributed by atoms with Gasteiger partial charge in [0.05, 0.1) is 11.6 Å². The first-order valence-electron chi connectivity index (χ1n) is 13.1. The van der Waals surface area contributed by atoms with Gasteiger partial charge in [-0.25, -0.2) is 9.78 Å². The van der Waals surface area contributed by atoms with E-state index in [2.05, 4.69) is 32.9 Å². The first-order valence-corrected chi connectivity index (χ1v) is 14.9. The van der Waals surface area contributed by atoms with Crippen LogP contribution in [0.1, 0.15) is 41.9 Å². The van der Waals surface area contributed by atoms with Crippen LogP contribution in [-0.2, 0) is 4.79 Å². The number of benzene rings is 3. The van der Waals surface area contributed by atoms with Crippen molar-refractivity contribution in [3.63, 3.8) is 0 Å². The number of aromatic nitrogens is 2. The summed E-state index contributed by atoms with van der Waals surface area (Å²) in [4.78, 5) is 36.5. The summed E-state index contributed by atoms with van der Waals surface area (Å²) < 4.78 is 6.41. The van der Waals surface area contributed by atoms with Crippen LogP contribution in [0.25, 0.3) is 11.3 Å². The maximum Gasteiger partial charge on any atom is 0.325 e. The third-order valence-corrected chi connectivity index (χ3v) is 8.32. The lowest BCUT2D eigenvalue weighted by atomic mass is 9.91. The monoisotopic (exact) mass is 720 g/mol. The number of imide groups is 1. The van der Waals surface area contributed by atoms with Crippen molar-refractivity contribution in [1.29, 1.82) is 0 Å². The molecule has 1 aliphatic heterocycles. The number of ether oxygens (including phenoxy) is 1. The minimum atomic E-state index is -1.00. The minimum absolute atomic E-state index is 0.0805. The van der Waals surface area contributed by atoms with Crippen molar-refractivity contribution in [2.75, 3.05) is 13.2 Å². The summed E-state index contributed by atoms with van der Waals surface area (Å²) in [6.07, 6.45) is -1.00. The van der Waals surface area contributed by atoms with Gasteiger partial charge in [-0.15, -0.1) is 0 Å². The van der Waals surface area contributed by atoms with Crippen LogP contribution in [0.4, 0.5) is 4.79 Å². The van der Waals surface area contributed by atoms with Crippen molar-refractivity contribution in [2.24, 2.45) is 0 Å². The van der Waals surface area contributed by atoms with E-state index in [0.717, 1.165) is 9.13 Å². The van der Waals surface area contributed by atoms with E-state index >= 15 is 0 Å². The number of halogens is 3. The zero-order valence-electron chi connectivity index (χ0n) is 22.3. The van der Waals surface area contributed by atoms with E-state index in [9.17, 15) is 14.7 Å². The molecule has 218 valence electrons. The fourth-order valence-electron chi connectivity index (χ4n) is 4.88. The van der Waals surface area contributed by atoms with Crippen LogP contribution in [0, 0.1) is 3.57 Å². The van der Waals surface area contributed by atoms with Crippen molar-refractivity contribution in [1.82, 2.24) is 20.2 Å². The number of rotatable bonds is 10. The van der Waals surface area contributed by atoms with Crippen LogP contribution in [0.15, 0.2) is 72.8 Å². The Labute approximate surface area is 266 Å². The van der Waals surface area contributed by atoms with Gasteiger partial charge >= 0.3 is 6.03 Å². The number of amides is 3. The second-order valence-electron chi connectivity index (χ2n) is 9.86. The van der Waals surface area contributed by atoms with Gasteiger partial charge in [-0.1, -0.05) is 78.7 Å². The molecule has 1 saturated heterocycles. The lowest BCUT2D eigenvalue weighted by Crippen LogP contribution is -2.38. The molecule has 2 unspecified atom stereocenters. The van der Waals surface area contributed by atoms with E-state index in [0.29, 0.717) is 33.4 Å². The van der Waals surface area contributed by atoms with Gasteiger partial charge in [0.25, 0.3) is 5.91 Å². The Morgan fingerprint density at radius 2 is 1.79 bits per heavy atom.